The van der Waals surface area contributed by atoms with Crippen LogP contribution in [0.3, 0.4) is 0 Å². The SMILES string of the molecule is Cc1ccc2nc(-n3nc(C)c4c3NC(=O)C[C@H]4c3ccc(C#N)cc3)sc2c1. The average molecular weight is 399 g/mol. The van der Waals surface area contributed by atoms with E-state index < -0.39 is 0 Å². The molecule has 0 radical (unpaired) electrons. The van der Waals surface area contributed by atoms with E-state index in [-0.39, 0.29) is 11.8 Å². The molecule has 0 bridgehead atoms. The van der Waals surface area contributed by atoms with Crippen molar-refractivity contribution in [1.29, 1.82) is 5.26 Å². The molecule has 7 heteroatoms. The molecule has 2 aromatic carbocycles. The lowest BCUT2D eigenvalue weighted by Gasteiger charge is -2.24. The summed E-state index contributed by atoms with van der Waals surface area (Å²) in [5, 5.41) is 17.5. The van der Waals surface area contributed by atoms with Gasteiger partial charge in [0, 0.05) is 17.9 Å². The Morgan fingerprint density at radius 3 is 2.76 bits per heavy atom. The minimum Gasteiger partial charge on any atom is -0.310 e. The van der Waals surface area contributed by atoms with Gasteiger partial charge >= 0.3 is 0 Å². The molecule has 1 N–H and O–H groups in total. The highest BCUT2D eigenvalue weighted by Gasteiger charge is 2.33. The van der Waals surface area contributed by atoms with Crippen LogP contribution >= 0.6 is 11.3 Å². The monoisotopic (exact) mass is 399 g/mol. The van der Waals surface area contributed by atoms with E-state index in [0.717, 1.165) is 32.2 Å². The zero-order valence-corrected chi connectivity index (χ0v) is 16.7. The van der Waals surface area contributed by atoms with Crippen molar-refractivity contribution in [2.75, 3.05) is 5.32 Å². The van der Waals surface area contributed by atoms with Crippen molar-refractivity contribution in [3.05, 3.63) is 70.4 Å². The van der Waals surface area contributed by atoms with Crippen LogP contribution < -0.4 is 5.32 Å². The van der Waals surface area contributed by atoms with Crippen molar-refractivity contribution in [2.24, 2.45) is 0 Å². The summed E-state index contributed by atoms with van der Waals surface area (Å²) in [6, 6.07) is 15.7. The maximum Gasteiger partial charge on any atom is 0.226 e. The molecule has 0 saturated carbocycles. The van der Waals surface area contributed by atoms with Gasteiger partial charge in [-0.05, 0) is 49.2 Å². The fraction of sp³-hybridized carbons (Fsp3) is 0.182. The quantitative estimate of drug-likeness (QED) is 0.540. The Labute approximate surface area is 171 Å². The van der Waals surface area contributed by atoms with Crippen LogP contribution in [0.5, 0.6) is 0 Å². The minimum absolute atomic E-state index is 0.0510. The molecule has 0 unspecified atom stereocenters. The Hall–Kier alpha value is -3.50. The van der Waals surface area contributed by atoms with Crippen molar-refractivity contribution < 1.29 is 4.79 Å². The van der Waals surface area contributed by atoms with Gasteiger partial charge in [-0.15, -0.1) is 0 Å². The van der Waals surface area contributed by atoms with Gasteiger partial charge in [0.1, 0.15) is 5.82 Å². The third-order valence-corrected chi connectivity index (χ3v) is 6.25. The van der Waals surface area contributed by atoms with E-state index in [1.165, 1.54) is 5.56 Å². The maximum absolute atomic E-state index is 12.5. The molecule has 3 heterocycles. The zero-order chi connectivity index (χ0) is 20.1. The van der Waals surface area contributed by atoms with E-state index in [1.807, 2.05) is 31.2 Å². The van der Waals surface area contributed by atoms with Gasteiger partial charge in [-0.25, -0.2) is 4.98 Å². The van der Waals surface area contributed by atoms with E-state index >= 15 is 0 Å². The molecule has 1 aliphatic rings. The minimum atomic E-state index is -0.100. The highest BCUT2D eigenvalue weighted by Crippen LogP contribution is 2.41. The van der Waals surface area contributed by atoms with Gasteiger partial charge in [-0.1, -0.05) is 29.5 Å². The molecule has 1 atom stereocenters. The van der Waals surface area contributed by atoms with Crippen LogP contribution in [0.2, 0.25) is 0 Å². The van der Waals surface area contributed by atoms with Crippen LogP contribution in [0.4, 0.5) is 5.82 Å². The summed E-state index contributed by atoms with van der Waals surface area (Å²) in [6.45, 7) is 4.02. The van der Waals surface area contributed by atoms with Gasteiger partial charge in [0.05, 0.1) is 27.5 Å². The first-order chi connectivity index (χ1) is 14.0. The van der Waals surface area contributed by atoms with E-state index in [4.69, 9.17) is 15.3 Å². The first-order valence-corrected chi connectivity index (χ1v) is 10.1. The molecular weight excluding hydrogens is 382 g/mol. The lowest BCUT2D eigenvalue weighted by Crippen LogP contribution is -2.24. The molecule has 142 valence electrons. The molecule has 0 spiro atoms. The molecule has 4 aromatic rings. The predicted octanol–water partition coefficient (Wildman–Crippen LogP) is 4.44. The lowest BCUT2D eigenvalue weighted by atomic mass is 9.85. The Kier molecular flexibility index (Phi) is 3.96. The molecule has 29 heavy (non-hydrogen) atoms. The van der Waals surface area contributed by atoms with Crippen LogP contribution in [-0.2, 0) is 4.79 Å². The summed E-state index contributed by atoms with van der Waals surface area (Å²) in [5.41, 5.74) is 5.58. The van der Waals surface area contributed by atoms with E-state index in [1.54, 1.807) is 28.2 Å². The molecule has 2 aromatic heterocycles. The number of carbonyl (C=O) groups excluding carboxylic acids is 1. The molecular formula is C22H17N5OS. The van der Waals surface area contributed by atoms with Crippen molar-refractivity contribution in [1.82, 2.24) is 14.8 Å². The Morgan fingerprint density at radius 1 is 1.21 bits per heavy atom. The average Bonchev–Trinajstić information content (AvgIpc) is 3.28. The zero-order valence-electron chi connectivity index (χ0n) is 15.9. The molecule has 5 rings (SSSR count). The number of benzene rings is 2. The lowest BCUT2D eigenvalue weighted by molar-refractivity contribution is -0.116. The number of thiazole rings is 1. The number of amides is 1. The van der Waals surface area contributed by atoms with Crippen LogP contribution in [0.1, 0.15) is 40.3 Å². The van der Waals surface area contributed by atoms with Gasteiger partial charge in [0.25, 0.3) is 0 Å². The summed E-state index contributed by atoms with van der Waals surface area (Å²) in [4.78, 5) is 17.2. The van der Waals surface area contributed by atoms with Gasteiger partial charge in [0.2, 0.25) is 11.0 Å². The summed E-state index contributed by atoms with van der Waals surface area (Å²) in [6.07, 6.45) is 0.352. The maximum atomic E-state index is 12.5. The van der Waals surface area contributed by atoms with Crippen molar-refractivity contribution in [2.45, 2.75) is 26.2 Å². The van der Waals surface area contributed by atoms with Crippen molar-refractivity contribution in [3.63, 3.8) is 0 Å². The Morgan fingerprint density at radius 2 is 2.00 bits per heavy atom. The number of hydrogen-bond acceptors (Lipinski definition) is 5. The van der Waals surface area contributed by atoms with Gasteiger partial charge < -0.3 is 5.32 Å². The molecule has 1 aliphatic heterocycles. The first-order valence-electron chi connectivity index (χ1n) is 9.30. The Balaban J connectivity index is 1.65. The topological polar surface area (TPSA) is 83.6 Å². The van der Waals surface area contributed by atoms with Crippen molar-refractivity contribution in [3.8, 4) is 11.2 Å². The summed E-state index contributed by atoms with van der Waals surface area (Å²) >= 11 is 1.56. The second-order valence-electron chi connectivity index (χ2n) is 7.27. The highest BCUT2D eigenvalue weighted by atomic mass is 32.1. The number of hydrogen-bond donors (Lipinski definition) is 1. The number of nitrogens with zero attached hydrogens (tertiary/aromatic N) is 4. The highest BCUT2D eigenvalue weighted by molar-refractivity contribution is 7.20. The number of nitriles is 1. The number of nitrogens with one attached hydrogen (secondary N) is 1. The first kappa shape index (κ1) is 17.6. The van der Waals surface area contributed by atoms with Crippen molar-refractivity contribution >= 4 is 33.3 Å². The number of aryl methyl sites for hydroxylation is 2. The van der Waals surface area contributed by atoms with E-state index in [9.17, 15) is 4.79 Å². The number of rotatable bonds is 2. The largest absolute Gasteiger partial charge is 0.310 e. The summed E-state index contributed by atoms with van der Waals surface area (Å²) in [5.74, 6) is 0.533. The molecule has 0 fully saturated rings. The predicted molar refractivity (Wildman–Crippen MR) is 112 cm³/mol. The van der Waals surface area contributed by atoms with E-state index in [0.29, 0.717) is 17.8 Å². The van der Waals surface area contributed by atoms with Gasteiger partial charge in [0.15, 0.2) is 0 Å². The smallest absolute Gasteiger partial charge is 0.226 e. The number of carbonyl (C=O) groups is 1. The van der Waals surface area contributed by atoms with Crippen LogP contribution in [0, 0.1) is 25.2 Å². The fourth-order valence-electron chi connectivity index (χ4n) is 3.87. The van der Waals surface area contributed by atoms with Crippen LogP contribution in [0.15, 0.2) is 42.5 Å². The second-order valence-corrected chi connectivity index (χ2v) is 8.27. The number of aromatic nitrogens is 3. The summed E-state index contributed by atoms with van der Waals surface area (Å²) < 4.78 is 2.84. The van der Waals surface area contributed by atoms with Gasteiger partial charge in [-0.2, -0.15) is 15.0 Å². The van der Waals surface area contributed by atoms with E-state index in [2.05, 4.69) is 24.4 Å². The molecule has 6 nitrogen and oxygen atoms in total. The second kappa shape index (κ2) is 6.54. The van der Waals surface area contributed by atoms with Crippen LogP contribution in [-0.4, -0.2) is 20.7 Å². The fourth-order valence-corrected chi connectivity index (χ4v) is 4.89. The molecule has 1 amide bonds. The van der Waals surface area contributed by atoms with Crippen LogP contribution in [0.25, 0.3) is 15.3 Å². The molecule has 0 aliphatic carbocycles. The number of anilines is 1. The third-order valence-electron chi connectivity index (χ3n) is 5.26. The Bertz CT molecular complexity index is 1310. The number of fused-ring (bicyclic) bond motifs is 2. The summed E-state index contributed by atoms with van der Waals surface area (Å²) in [7, 11) is 0. The molecule has 0 saturated heterocycles. The van der Waals surface area contributed by atoms with Gasteiger partial charge in [-0.3, -0.25) is 4.79 Å². The normalized spacial score (nSPS) is 15.8. The third kappa shape index (κ3) is 2.89. The standard InChI is InChI=1S/C22H17N5OS/c1-12-3-8-17-18(9-12)29-22(24-17)27-21-20(13(2)26-27)16(10-19(28)25-21)15-6-4-14(11-23)5-7-15/h3-9,16H,10H2,1-2H3,(H,25,28)/t16-/m0/s1.